The number of nitrogens with zero attached hydrogens (tertiary/aromatic N) is 2. The molecule has 1 saturated carbocycles. The van der Waals surface area contributed by atoms with Crippen LogP contribution in [0.2, 0.25) is 0 Å². The first-order valence-corrected chi connectivity index (χ1v) is 7.02. The lowest BCUT2D eigenvalue weighted by atomic mass is 9.92. The molecule has 2 rings (SSSR count). The molecule has 0 saturated heterocycles. The van der Waals surface area contributed by atoms with Crippen LogP contribution in [0.1, 0.15) is 51.3 Å². The number of hydrogen-bond acceptors (Lipinski definition) is 3. The molecule has 0 aliphatic heterocycles. The quantitative estimate of drug-likeness (QED) is 0.874. The minimum Gasteiger partial charge on any atom is -0.370 e. The summed E-state index contributed by atoms with van der Waals surface area (Å²) in [6.07, 6.45) is 9.14. The second-order valence-corrected chi connectivity index (χ2v) is 5.42. The van der Waals surface area contributed by atoms with Gasteiger partial charge in [-0.25, -0.2) is 4.98 Å². The van der Waals surface area contributed by atoms with Crippen molar-refractivity contribution < 1.29 is 4.74 Å². The molecule has 1 N–H and O–H groups in total. The predicted octanol–water partition coefficient (Wildman–Crippen LogP) is 2.51. The average Bonchev–Trinajstić information content (AvgIpc) is 2.85. The normalized spacial score (nSPS) is 24.7. The first kappa shape index (κ1) is 13.6. The zero-order valence-electron chi connectivity index (χ0n) is 11.7. The van der Waals surface area contributed by atoms with E-state index in [2.05, 4.69) is 28.7 Å². The van der Waals surface area contributed by atoms with Crippen molar-refractivity contribution in [1.82, 2.24) is 14.9 Å². The van der Waals surface area contributed by atoms with E-state index in [1.807, 2.05) is 19.6 Å². The molecule has 1 fully saturated rings. The monoisotopic (exact) mass is 251 g/mol. The van der Waals surface area contributed by atoms with Gasteiger partial charge in [-0.15, -0.1) is 0 Å². The number of ether oxygens (including phenoxy) is 1. The highest BCUT2D eigenvalue weighted by molar-refractivity contribution is 4.98. The first-order chi connectivity index (χ1) is 8.72. The van der Waals surface area contributed by atoms with Crippen LogP contribution in [0.4, 0.5) is 0 Å². The summed E-state index contributed by atoms with van der Waals surface area (Å²) in [4.78, 5) is 4.21. The third-order valence-corrected chi connectivity index (χ3v) is 3.82. The molecule has 102 valence electrons. The Kier molecular flexibility index (Phi) is 4.78. The van der Waals surface area contributed by atoms with Crippen LogP contribution in [-0.4, -0.2) is 28.7 Å². The average molecular weight is 251 g/mol. The highest BCUT2D eigenvalue weighted by Crippen LogP contribution is 2.22. The van der Waals surface area contributed by atoms with Crippen molar-refractivity contribution in [2.45, 2.75) is 64.3 Å². The van der Waals surface area contributed by atoms with Gasteiger partial charge >= 0.3 is 0 Å². The Hall–Kier alpha value is -0.870. The van der Waals surface area contributed by atoms with E-state index in [1.54, 1.807) is 0 Å². The van der Waals surface area contributed by atoms with Crippen molar-refractivity contribution in [2.75, 3.05) is 7.05 Å². The maximum Gasteiger partial charge on any atom is 0.0951 e. The number of imidazole rings is 1. The topological polar surface area (TPSA) is 39.1 Å². The SMILES string of the molecule is CNC1CCCCC1OCc1cncn1C(C)C. The van der Waals surface area contributed by atoms with E-state index in [0.29, 0.717) is 24.8 Å². The second-order valence-electron chi connectivity index (χ2n) is 5.42. The molecule has 1 heterocycles. The molecular formula is C14H25N3O. The molecule has 0 amide bonds. The molecule has 1 aromatic heterocycles. The van der Waals surface area contributed by atoms with Crippen molar-refractivity contribution in [3.63, 3.8) is 0 Å². The van der Waals surface area contributed by atoms with E-state index < -0.39 is 0 Å². The van der Waals surface area contributed by atoms with Crippen LogP contribution >= 0.6 is 0 Å². The molecule has 0 aromatic carbocycles. The van der Waals surface area contributed by atoms with Crippen LogP contribution in [0.5, 0.6) is 0 Å². The maximum absolute atomic E-state index is 6.10. The van der Waals surface area contributed by atoms with Gasteiger partial charge in [-0.3, -0.25) is 0 Å². The van der Waals surface area contributed by atoms with Crippen molar-refractivity contribution in [3.8, 4) is 0 Å². The van der Waals surface area contributed by atoms with Gasteiger partial charge in [0.1, 0.15) is 0 Å². The number of rotatable bonds is 5. The highest BCUT2D eigenvalue weighted by Gasteiger charge is 2.24. The van der Waals surface area contributed by atoms with Crippen LogP contribution in [0.15, 0.2) is 12.5 Å². The van der Waals surface area contributed by atoms with Gasteiger partial charge in [-0.05, 0) is 33.7 Å². The molecule has 1 aliphatic rings. The summed E-state index contributed by atoms with van der Waals surface area (Å²) in [6.45, 7) is 5.01. The molecule has 0 radical (unpaired) electrons. The molecule has 2 unspecified atom stereocenters. The Bertz CT molecular complexity index is 362. The van der Waals surface area contributed by atoms with E-state index in [0.717, 1.165) is 0 Å². The summed E-state index contributed by atoms with van der Waals surface area (Å²) < 4.78 is 8.28. The highest BCUT2D eigenvalue weighted by atomic mass is 16.5. The lowest BCUT2D eigenvalue weighted by Crippen LogP contribution is -2.41. The molecule has 0 spiro atoms. The zero-order valence-corrected chi connectivity index (χ0v) is 11.7. The van der Waals surface area contributed by atoms with E-state index in [-0.39, 0.29) is 0 Å². The Morgan fingerprint density at radius 3 is 2.94 bits per heavy atom. The van der Waals surface area contributed by atoms with Crippen LogP contribution in [0.25, 0.3) is 0 Å². The third kappa shape index (κ3) is 3.12. The molecule has 1 aliphatic carbocycles. The Labute approximate surface area is 110 Å². The van der Waals surface area contributed by atoms with Crippen LogP contribution < -0.4 is 5.32 Å². The minimum absolute atomic E-state index is 0.347. The molecule has 4 nitrogen and oxygen atoms in total. The van der Waals surface area contributed by atoms with Crippen molar-refractivity contribution in [2.24, 2.45) is 0 Å². The molecule has 18 heavy (non-hydrogen) atoms. The molecule has 1 aromatic rings. The number of likely N-dealkylation sites (N-methyl/N-ethyl adjacent to an activating group) is 1. The van der Waals surface area contributed by atoms with E-state index >= 15 is 0 Å². The fourth-order valence-electron chi connectivity index (χ4n) is 2.73. The summed E-state index contributed by atoms with van der Waals surface area (Å²) in [5.41, 5.74) is 1.17. The van der Waals surface area contributed by atoms with Crippen molar-refractivity contribution in [1.29, 1.82) is 0 Å². The molecular weight excluding hydrogens is 226 g/mol. The fraction of sp³-hybridized carbons (Fsp3) is 0.786. The molecule has 4 heteroatoms. The van der Waals surface area contributed by atoms with Gasteiger partial charge in [0.25, 0.3) is 0 Å². The number of aromatic nitrogens is 2. The Morgan fingerprint density at radius 1 is 1.44 bits per heavy atom. The standard InChI is InChI=1S/C14H25N3O/c1-11(2)17-10-16-8-12(17)9-18-14-7-5-4-6-13(14)15-3/h8,10-11,13-15H,4-7,9H2,1-3H3. The number of hydrogen-bond donors (Lipinski definition) is 1. The maximum atomic E-state index is 6.10. The summed E-state index contributed by atoms with van der Waals surface area (Å²) in [5.74, 6) is 0. The first-order valence-electron chi connectivity index (χ1n) is 7.02. The predicted molar refractivity (Wildman–Crippen MR) is 72.5 cm³/mol. The minimum atomic E-state index is 0.347. The summed E-state index contributed by atoms with van der Waals surface area (Å²) in [6, 6.07) is 0.951. The van der Waals surface area contributed by atoms with Crippen molar-refractivity contribution >= 4 is 0 Å². The van der Waals surface area contributed by atoms with Gasteiger partial charge in [0.2, 0.25) is 0 Å². The van der Waals surface area contributed by atoms with Gasteiger partial charge in [-0.2, -0.15) is 0 Å². The lowest BCUT2D eigenvalue weighted by Gasteiger charge is -2.31. The van der Waals surface area contributed by atoms with Gasteiger partial charge in [0, 0.05) is 12.1 Å². The Balaban J connectivity index is 1.91. The van der Waals surface area contributed by atoms with Crippen molar-refractivity contribution in [3.05, 3.63) is 18.2 Å². The second kappa shape index (κ2) is 6.34. The Morgan fingerprint density at radius 2 is 2.22 bits per heavy atom. The van der Waals surface area contributed by atoms with Crippen LogP contribution in [0, 0.1) is 0 Å². The molecule has 2 atom stereocenters. The van der Waals surface area contributed by atoms with E-state index in [1.165, 1.54) is 31.4 Å². The number of nitrogens with one attached hydrogen (secondary N) is 1. The van der Waals surface area contributed by atoms with Gasteiger partial charge in [0.15, 0.2) is 0 Å². The molecule has 0 bridgehead atoms. The van der Waals surface area contributed by atoms with E-state index in [9.17, 15) is 0 Å². The largest absolute Gasteiger partial charge is 0.370 e. The lowest BCUT2D eigenvalue weighted by molar-refractivity contribution is -0.00639. The van der Waals surface area contributed by atoms with Gasteiger partial charge < -0.3 is 14.6 Å². The fourth-order valence-corrected chi connectivity index (χ4v) is 2.73. The van der Waals surface area contributed by atoms with Gasteiger partial charge in [0.05, 0.1) is 30.9 Å². The van der Waals surface area contributed by atoms with Gasteiger partial charge in [-0.1, -0.05) is 12.8 Å². The zero-order chi connectivity index (χ0) is 13.0. The van der Waals surface area contributed by atoms with Crippen LogP contribution in [0.3, 0.4) is 0 Å². The third-order valence-electron chi connectivity index (χ3n) is 3.82. The van der Waals surface area contributed by atoms with Crippen LogP contribution in [-0.2, 0) is 11.3 Å². The summed E-state index contributed by atoms with van der Waals surface area (Å²) in [5, 5.41) is 3.37. The van der Waals surface area contributed by atoms with E-state index in [4.69, 9.17) is 4.74 Å². The summed E-state index contributed by atoms with van der Waals surface area (Å²) >= 11 is 0. The summed E-state index contributed by atoms with van der Waals surface area (Å²) in [7, 11) is 2.03. The smallest absolute Gasteiger partial charge is 0.0951 e.